The second kappa shape index (κ2) is 6.06. The largest absolute Gasteiger partial charge is 0.381 e. The third-order valence-electron chi connectivity index (χ3n) is 5.09. The van der Waals surface area contributed by atoms with Crippen molar-refractivity contribution in [3.8, 4) is 0 Å². The molecule has 104 valence electrons. The first-order chi connectivity index (χ1) is 9.39. The van der Waals surface area contributed by atoms with E-state index in [1.54, 1.807) is 0 Å². The van der Waals surface area contributed by atoms with Crippen LogP contribution in [0, 0.1) is 11.3 Å². The third-order valence-corrected chi connectivity index (χ3v) is 5.09. The van der Waals surface area contributed by atoms with E-state index in [-0.39, 0.29) is 0 Å². The van der Waals surface area contributed by atoms with E-state index in [1.165, 1.54) is 50.8 Å². The Balaban J connectivity index is 1.76. The smallest absolute Gasteiger partial charge is 0.0471 e. The topological polar surface area (TPSA) is 21.3 Å². The number of nitrogens with one attached hydrogen (secondary N) is 1. The first-order valence-corrected chi connectivity index (χ1v) is 7.71. The minimum absolute atomic E-state index is 0.525. The van der Waals surface area contributed by atoms with Gasteiger partial charge >= 0.3 is 0 Å². The van der Waals surface area contributed by atoms with Crippen molar-refractivity contribution >= 4 is 0 Å². The Hall–Kier alpha value is -0.860. The Morgan fingerprint density at radius 1 is 1.11 bits per heavy atom. The van der Waals surface area contributed by atoms with E-state index >= 15 is 0 Å². The Bertz CT molecular complexity index is 382. The molecule has 1 N–H and O–H groups in total. The molecule has 2 atom stereocenters. The first kappa shape index (κ1) is 13.1. The zero-order valence-corrected chi connectivity index (χ0v) is 11.7. The standard InChI is InChI=1S/C17H25NO/c1-2-5-15(6-3-1)13-16-14-18-10-8-17(16)7-4-11-19-12-9-17/h1-3,5-6,16,18H,4,7-14H2. The zero-order valence-electron chi connectivity index (χ0n) is 11.7. The summed E-state index contributed by atoms with van der Waals surface area (Å²) < 4.78 is 5.70. The molecule has 2 aliphatic rings. The summed E-state index contributed by atoms with van der Waals surface area (Å²) in [6.07, 6.45) is 6.39. The van der Waals surface area contributed by atoms with Crippen molar-refractivity contribution in [2.24, 2.45) is 11.3 Å². The second-order valence-electron chi connectivity index (χ2n) is 6.17. The van der Waals surface area contributed by atoms with Gasteiger partial charge in [-0.1, -0.05) is 30.3 Å². The maximum absolute atomic E-state index is 5.70. The van der Waals surface area contributed by atoms with Crippen LogP contribution in [-0.4, -0.2) is 26.3 Å². The molecular formula is C17H25NO. The number of benzene rings is 1. The monoisotopic (exact) mass is 259 g/mol. The minimum Gasteiger partial charge on any atom is -0.381 e. The molecule has 1 spiro atoms. The molecule has 1 aromatic carbocycles. The maximum atomic E-state index is 5.70. The van der Waals surface area contributed by atoms with E-state index < -0.39 is 0 Å². The van der Waals surface area contributed by atoms with Crippen LogP contribution >= 0.6 is 0 Å². The molecule has 2 aliphatic heterocycles. The molecule has 1 aromatic rings. The van der Waals surface area contributed by atoms with Crippen molar-refractivity contribution in [1.82, 2.24) is 5.32 Å². The van der Waals surface area contributed by atoms with E-state index in [1.807, 2.05) is 0 Å². The fraction of sp³-hybridized carbons (Fsp3) is 0.647. The van der Waals surface area contributed by atoms with Crippen LogP contribution in [0.2, 0.25) is 0 Å². The lowest BCUT2D eigenvalue weighted by molar-refractivity contribution is 0.0709. The molecule has 2 unspecified atom stereocenters. The molecule has 2 saturated heterocycles. The Kier molecular flexibility index (Phi) is 4.19. The third kappa shape index (κ3) is 3.01. The van der Waals surface area contributed by atoms with Crippen LogP contribution in [0.15, 0.2) is 30.3 Å². The molecule has 0 bridgehead atoms. The zero-order chi connectivity index (χ0) is 13.0. The average molecular weight is 259 g/mol. The predicted molar refractivity (Wildman–Crippen MR) is 78.2 cm³/mol. The highest BCUT2D eigenvalue weighted by atomic mass is 16.5. The van der Waals surface area contributed by atoms with Crippen LogP contribution in [0.4, 0.5) is 0 Å². The SMILES string of the molecule is c1ccc(CC2CNCCC23CCCOCC3)cc1. The van der Waals surface area contributed by atoms with Crippen LogP contribution in [0.5, 0.6) is 0 Å². The average Bonchev–Trinajstić information content (AvgIpc) is 2.69. The van der Waals surface area contributed by atoms with Gasteiger partial charge in [0.2, 0.25) is 0 Å². The van der Waals surface area contributed by atoms with Gasteiger partial charge in [0.05, 0.1) is 0 Å². The second-order valence-corrected chi connectivity index (χ2v) is 6.17. The molecule has 0 aliphatic carbocycles. The lowest BCUT2D eigenvalue weighted by Gasteiger charge is -2.44. The first-order valence-electron chi connectivity index (χ1n) is 7.71. The van der Waals surface area contributed by atoms with Gasteiger partial charge in [-0.3, -0.25) is 0 Å². The van der Waals surface area contributed by atoms with Crippen molar-refractivity contribution < 1.29 is 4.74 Å². The molecule has 3 rings (SSSR count). The van der Waals surface area contributed by atoms with Gasteiger partial charge in [0.15, 0.2) is 0 Å². The number of hydrogen-bond donors (Lipinski definition) is 1. The van der Waals surface area contributed by atoms with Crippen LogP contribution in [0.1, 0.15) is 31.2 Å². The molecule has 0 aromatic heterocycles. The summed E-state index contributed by atoms with van der Waals surface area (Å²) in [6.45, 7) is 4.29. The molecular weight excluding hydrogens is 234 g/mol. The van der Waals surface area contributed by atoms with Crippen molar-refractivity contribution in [2.75, 3.05) is 26.3 Å². The molecule has 19 heavy (non-hydrogen) atoms. The van der Waals surface area contributed by atoms with Crippen LogP contribution in [-0.2, 0) is 11.2 Å². The van der Waals surface area contributed by atoms with Gasteiger partial charge in [-0.05, 0) is 62.1 Å². The highest BCUT2D eigenvalue weighted by molar-refractivity contribution is 5.16. The molecule has 0 saturated carbocycles. The van der Waals surface area contributed by atoms with Crippen molar-refractivity contribution in [1.29, 1.82) is 0 Å². The van der Waals surface area contributed by atoms with Gasteiger partial charge in [0, 0.05) is 13.2 Å². The molecule has 2 heteroatoms. The Morgan fingerprint density at radius 3 is 2.89 bits per heavy atom. The van der Waals surface area contributed by atoms with E-state index in [0.29, 0.717) is 5.41 Å². The lowest BCUT2D eigenvalue weighted by atomic mass is 9.64. The summed E-state index contributed by atoms with van der Waals surface area (Å²) in [4.78, 5) is 0. The minimum atomic E-state index is 0.525. The number of ether oxygens (including phenoxy) is 1. The molecule has 2 fully saturated rings. The van der Waals surface area contributed by atoms with E-state index in [9.17, 15) is 0 Å². The summed E-state index contributed by atoms with van der Waals surface area (Å²) in [5.41, 5.74) is 2.01. The quantitative estimate of drug-likeness (QED) is 0.881. The summed E-state index contributed by atoms with van der Waals surface area (Å²) in [7, 11) is 0. The molecule has 2 heterocycles. The van der Waals surface area contributed by atoms with E-state index in [4.69, 9.17) is 4.74 Å². The fourth-order valence-corrected chi connectivity index (χ4v) is 3.91. The van der Waals surface area contributed by atoms with Crippen LogP contribution < -0.4 is 5.32 Å². The van der Waals surface area contributed by atoms with E-state index in [2.05, 4.69) is 35.6 Å². The number of piperidine rings is 1. The predicted octanol–water partition coefficient (Wildman–Crippen LogP) is 3.03. The maximum Gasteiger partial charge on any atom is 0.0471 e. The Labute approximate surface area is 116 Å². The molecule has 2 nitrogen and oxygen atoms in total. The van der Waals surface area contributed by atoms with Gasteiger partial charge in [-0.15, -0.1) is 0 Å². The lowest BCUT2D eigenvalue weighted by Crippen LogP contribution is -2.46. The van der Waals surface area contributed by atoms with Crippen molar-refractivity contribution in [2.45, 2.75) is 32.1 Å². The highest BCUT2D eigenvalue weighted by Crippen LogP contribution is 2.44. The summed E-state index contributed by atoms with van der Waals surface area (Å²) in [5, 5.41) is 3.61. The Morgan fingerprint density at radius 2 is 2.00 bits per heavy atom. The molecule has 0 amide bonds. The number of hydrogen-bond acceptors (Lipinski definition) is 2. The van der Waals surface area contributed by atoms with Crippen molar-refractivity contribution in [3.05, 3.63) is 35.9 Å². The van der Waals surface area contributed by atoms with Crippen LogP contribution in [0.3, 0.4) is 0 Å². The van der Waals surface area contributed by atoms with E-state index in [0.717, 1.165) is 19.1 Å². The van der Waals surface area contributed by atoms with Gasteiger partial charge in [-0.25, -0.2) is 0 Å². The summed E-state index contributed by atoms with van der Waals surface area (Å²) in [5.74, 6) is 0.769. The highest BCUT2D eigenvalue weighted by Gasteiger charge is 2.40. The summed E-state index contributed by atoms with van der Waals surface area (Å²) >= 11 is 0. The van der Waals surface area contributed by atoms with Gasteiger partial charge < -0.3 is 10.1 Å². The summed E-state index contributed by atoms with van der Waals surface area (Å²) in [6, 6.07) is 11.0. The fourth-order valence-electron chi connectivity index (χ4n) is 3.91. The van der Waals surface area contributed by atoms with Gasteiger partial charge in [0.25, 0.3) is 0 Å². The van der Waals surface area contributed by atoms with Crippen LogP contribution in [0.25, 0.3) is 0 Å². The number of rotatable bonds is 2. The molecule has 0 radical (unpaired) electrons. The van der Waals surface area contributed by atoms with Gasteiger partial charge in [0.1, 0.15) is 0 Å². The van der Waals surface area contributed by atoms with Gasteiger partial charge in [-0.2, -0.15) is 0 Å². The van der Waals surface area contributed by atoms with Crippen molar-refractivity contribution in [3.63, 3.8) is 0 Å². The normalized spacial score (nSPS) is 32.1.